The van der Waals surface area contributed by atoms with Crippen LogP contribution in [-0.2, 0) is 12.0 Å². The van der Waals surface area contributed by atoms with Crippen molar-refractivity contribution in [3.05, 3.63) is 45.4 Å². The van der Waals surface area contributed by atoms with Gasteiger partial charge in [-0.15, -0.1) is 11.3 Å². The average Bonchev–Trinajstić information content (AvgIpc) is 3.23. The zero-order valence-corrected chi connectivity index (χ0v) is 17.2. The van der Waals surface area contributed by atoms with E-state index in [9.17, 15) is 0 Å². The van der Waals surface area contributed by atoms with E-state index in [1.165, 1.54) is 22.9 Å². The molecule has 1 fully saturated rings. The fourth-order valence-corrected chi connectivity index (χ4v) is 4.28. The molecule has 0 radical (unpaired) electrons. The van der Waals surface area contributed by atoms with Gasteiger partial charge in [0.2, 0.25) is 0 Å². The van der Waals surface area contributed by atoms with Crippen LogP contribution in [0.25, 0.3) is 0 Å². The maximum absolute atomic E-state index is 4.59. The van der Waals surface area contributed by atoms with E-state index in [1.54, 1.807) is 18.4 Å². The number of nitrogens with zero attached hydrogens (tertiary/aromatic N) is 3. The second-order valence-electron chi connectivity index (χ2n) is 6.56. The van der Waals surface area contributed by atoms with Gasteiger partial charge in [0, 0.05) is 43.0 Å². The lowest BCUT2D eigenvalue weighted by molar-refractivity contribution is 0.642. The number of guanidine groups is 1. The van der Waals surface area contributed by atoms with Crippen LogP contribution in [0.3, 0.4) is 0 Å². The van der Waals surface area contributed by atoms with E-state index in [1.807, 2.05) is 19.0 Å². The molecule has 0 bridgehead atoms. The van der Waals surface area contributed by atoms with Crippen molar-refractivity contribution in [2.75, 3.05) is 32.6 Å². The van der Waals surface area contributed by atoms with Crippen molar-refractivity contribution in [3.63, 3.8) is 0 Å². The van der Waals surface area contributed by atoms with Crippen LogP contribution in [-0.4, -0.2) is 38.6 Å². The van der Waals surface area contributed by atoms with Crippen molar-refractivity contribution in [3.8, 4) is 0 Å². The maximum atomic E-state index is 4.59. The number of halogens is 1. The largest absolute Gasteiger partial charge is 0.356 e. The average molecular weight is 422 g/mol. The molecule has 0 spiro atoms. The minimum absolute atomic E-state index is 0.219. The van der Waals surface area contributed by atoms with Gasteiger partial charge in [-0.1, -0.05) is 34.1 Å². The van der Waals surface area contributed by atoms with Crippen molar-refractivity contribution in [1.82, 2.24) is 15.6 Å². The van der Waals surface area contributed by atoms with Crippen LogP contribution >= 0.6 is 27.3 Å². The molecule has 0 unspecified atom stereocenters. The zero-order chi connectivity index (χ0) is 17.9. The quantitative estimate of drug-likeness (QED) is 0.554. The highest BCUT2D eigenvalue weighted by Gasteiger charge is 2.45. The molecule has 5 nitrogen and oxygen atoms in total. The van der Waals surface area contributed by atoms with Gasteiger partial charge in [-0.05, 0) is 24.5 Å². The van der Waals surface area contributed by atoms with Crippen molar-refractivity contribution >= 4 is 38.4 Å². The number of aromatic nitrogens is 1. The van der Waals surface area contributed by atoms with Crippen LogP contribution in [0, 0.1) is 0 Å². The molecule has 1 aromatic carbocycles. The molecule has 7 heteroatoms. The number of hydrogen-bond acceptors (Lipinski definition) is 4. The molecule has 25 heavy (non-hydrogen) atoms. The summed E-state index contributed by atoms with van der Waals surface area (Å²) < 4.78 is 1.19. The molecular formula is C18H24BrN5S. The summed E-state index contributed by atoms with van der Waals surface area (Å²) in [4.78, 5) is 11.0. The number of benzene rings is 1. The number of anilines is 1. The Hall–Kier alpha value is -1.60. The van der Waals surface area contributed by atoms with Crippen molar-refractivity contribution in [2.45, 2.75) is 24.8 Å². The van der Waals surface area contributed by atoms with Crippen LogP contribution < -0.4 is 15.5 Å². The fraction of sp³-hybridized carbons (Fsp3) is 0.444. The Morgan fingerprint density at radius 2 is 2.08 bits per heavy atom. The van der Waals surface area contributed by atoms with E-state index in [0.717, 1.165) is 23.3 Å². The number of nitrogens with one attached hydrogen (secondary N) is 2. The number of aliphatic imine (C=N–C) groups is 1. The lowest BCUT2D eigenvalue weighted by Crippen LogP contribution is -2.41. The first-order chi connectivity index (χ1) is 12.0. The normalized spacial score (nSPS) is 15.8. The summed E-state index contributed by atoms with van der Waals surface area (Å²) >= 11 is 5.34. The Balaban J connectivity index is 1.55. The molecule has 0 saturated heterocycles. The summed E-state index contributed by atoms with van der Waals surface area (Å²) in [6.45, 7) is 1.56. The Kier molecular flexibility index (Phi) is 5.64. The first kappa shape index (κ1) is 18.2. The SMILES string of the molecule is CN=C(NCc1csc(N(C)C)n1)NCC1(c2ccccc2Br)CC1. The number of hydrogen-bond donors (Lipinski definition) is 2. The first-order valence-electron chi connectivity index (χ1n) is 8.35. The van der Waals surface area contributed by atoms with E-state index in [-0.39, 0.29) is 5.41 Å². The third kappa shape index (κ3) is 4.33. The molecule has 134 valence electrons. The molecule has 1 aliphatic carbocycles. The Bertz CT molecular complexity index is 751. The van der Waals surface area contributed by atoms with Crippen molar-refractivity contribution in [2.24, 2.45) is 4.99 Å². The van der Waals surface area contributed by atoms with E-state index in [2.05, 4.69) is 66.2 Å². The lowest BCUT2D eigenvalue weighted by Gasteiger charge is -2.20. The molecule has 1 heterocycles. The molecule has 1 aromatic heterocycles. The summed E-state index contributed by atoms with van der Waals surface area (Å²) in [5.41, 5.74) is 2.63. The molecule has 0 atom stereocenters. The fourth-order valence-electron chi connectivity index (χ4n) is 2.81. The maximum Gasteiger partial charge on any atom is 0.191 e. The third-order valence-electron chi connectivity index (χ3n) is 4.48. The first-order valence-corrected chi connectivity index (χ1v) is 10.0. The van der Waals surface area contributed by atoms with Crippen LogP contribution in [0.1, 0.15) is 24.1 Å². The summed E-state index contributed by atoms with van der Waals surface area (Å²) in [6.07, 6.45) is 2.41. The minimum Gasteiger partial charge on any atom is -0.356 e. The van der Waals surface area contributed by atoms with E-state index in [4.69, 9.17) is 0 Å². The highest BCUT2D eigenvalue weighted by Crippen LogP contribution is 2.49. The second kappa shape index (κ2) is 7.74. The van der Waals surface area contributed by atoms with Gasteiger partial charge >= 0.3 is 0 Å². The minimum atomic E-state index is 0.219. The molecule has 3 rings (SSSR count). The highest BCUT2D eigenvalue weighted by atomic mass is 79.9. The molecule has 0 aliphatic heterocycles. The molecule has 1 aliphatic rings. The Labute approximate surface area is 161 Å². The molecular weight excluding hydrogens is 398 g/mol. The summed E-state index contributed by atoms with van der Waals surface area (Å²) in [5.74, 6) is 0.817. The third-order valence-corrected chi connectivity index (χ3v) is 6.22. The van der Waals surface area contributed by atoms with Gasteiger partial charge < -0.3 is 15.5 Å². The molecule has 2 N–H and O–H groups in total. The van der Waals surface area contributed by atoms with Gasteiger partial charge in [0.15, 0.2) is 11.1 Å². The van der Waals surface area contributed by atoms with E-state index in [0.29, 0.717) is 6.54 Å². The van der Waals surface area contributed by atoms with Crippen LogP contribution in [0.5, 0.6) is 0 Å². The van der Waals surface area contributed by atoms with Gasteiger partial charge in [0.25, 0.3) is 0 Å². The van der Waals surface area contributed by atoms with Gasteiger partial charge in [-0.25, -0.2) is 4.98 Å². The predicted octanol–water partition coefficient (Wildman–Crippen LogP) is 3.37. The lowest BCUT2D eigenvalue weighted by atomic mass is 9.96. The topological polar surface area (TPSA) is 52.6 Å². The molecule has 0 amide bonds. The van der Waals surface area contributed by atoms with Gasteiger partial charge in [0.05, 0.1) is 12.2 Å². The number of thiazole rings is 1. The Morgan fingerprint density at radius 1 is 1.32 bits per heavy atom. The monoisotopic (exact) mass is 421 g/mol. The molecule has 1 saturated carbocycles. The predicted molar refractivity (Wildman–Crippen MR) is 110 cm³/mol. The smallest absolute Gasteiger partial charge is 0.191 e. The zero-order valence-electron chi connectivity index (χ0n) is 14.8. The van der Waals surface area contributed by atoms with Crippen LogP contribution in [0.4, 0.5) is 5.13 Å². The van der Waals surface area contributed by atoms with Crippen molar-refractivity contribution in [1.29, 1.82) is 0 Å². The summed E-state index contributed by atoms with van der Waals surface area (Å²) in [6, 6.07) is 8.51. The van der Waals surface area contributed by atoms with Gasteiger partial charge in [-0.2, -0.15) is 0 Å². The second-order valence-corrected chi connectivity index (χ2v) is 8.25. The van der Waals surface area contributed by atoms with Crippen molar-refractivity contribution < 1.29 is 0 Å². The summed E-state index contributed by atoms with van der Waals surface area (Å²) in [5, 5.41) is 9.94. The van der Waals surface area contributed by atoms with E-state index >= 15 is 0 Å². The molecule has 2 aromatic rings. The van der Waals surface area contributed by atoms with Crippen LogP contribution in [0.2, 0.25) is 0 Å². The van der Waals surface area contributed by atoms with Gasteiger partial charge in [0.1, 0.15) is 0 Å². The summed E-state index contributed by atoms with van der Waals surface area (Å²) in [7, 11) is 5.82. The standard InChI is InChI=1S/C18H24BrN5S/c1-20-16(21-10-13-11-25-17(23-13)24(2)3)22-12-18(8-9-18)14-6-4-5-7-15(14)19/h4-7,11H,8-10,12H2,1-3H3,(H2,20,21,22). The highest BCUT2D eigenvalue weighted by molar-refractivity contribution is 9.10. The Morgan fingerprint density at radius 3 is 2.68 bits per heavy atom. The number of rotatable bonds is 6. The van der Waals surface area contributed by atoms with Crippen LogP contribution in [0.15, 0.2) is 39.1 Å². The van der Waals surface area contributed by atoms with E-state index < -0.39 is 0 Å². The van der Waals surface area contributed by atoms with Gasteiger partial charge in [-0.3, -0.25) is 4.99 Å².